The van der Waals surface area contributed by atoms with Gasteiger partial charge in [-0.2, -0.15) is 5.10 Å². The van der Waals surface area contributed by atoms with E-state index in [0.717, 1.165) is 40.2 Å². The molecule has 0 spiro atoms. The summed E-state index contributed by atoms with van der Waals surface area (Å²) in [6.07, 6.45) is 5.43. The highest BCUT2D eigenvalue weighted by Crippen LogP contribution is 2.33. The summed E-state index contributed by atoms with van der Waals surface area (Å²) in [7, 11) is 0. The summed E-state index contributed by atoms with van der Waals surface area (Å²) < 4.78 is 4.77. The molecule has 7 nitrogen and oxygen atoms in total. The van der Waals surface area contributed by atoms with E-state index < -0.39 is 0 Å². The maximum absolute atomic E-state index is 13.4. The third-order valence-electron chi connectivity index (χ3n) is 5.46. The van der Waals surface area contributed by atoms with Gasteiger partial charge in [0.2, 0.25) is 0 Å². The number of amides is 1. The fraction of sp³-hybridized carbons (Fsp3) is 0.238. The second-order valence-electron chi connectivity index (χ2n) is 7.18. The Bertz CT molecular complexity index is 1200. The van der Waals surface area contributed by atoms with Crippen molar-refractivity contribution in [2.45, 2.75) is 25.8 Å². The van der Waals surface area contributed by atoms with Crippen LogP contribution in [0, 0.1) is 6.92 Å². The molecule has 8 heteroatoms. The number of benzene rings is 1. The molecule has 29 heavy (non-hydrogen) atoms. The van der Waals surface area contributed by atoms with Crippen molar-refractivity contribution in [3.05, 3.63) is 76.4 Å². The molecule has 1 amide bonds. The molecule has 0 radical (unpaired) electrons. The monoisotopic (exact) mass is 450 g/mol. The van der Waals surface area contributed by atoms with E-state index in [1.54, 1.807) is 10.9 Å². The fourth-order valence-corrected chi connectivity index (χ4v) is 4.25. The first-order valence-electron chi connectivity index (χ1n) is 9.54. The maximum Gasteiger partial charge on any atom is 0.257 e. The number of nitrogens with zero attached hydrogens (tertiary/aromatic N) is 6. The largest absolute Gasteiger partial charge is 0.328 e. The van der Waals surface area contributed by atoms with Crippen molar-refractivity contribution < 1.29 is 4.79 Å². The number of hydrogen-bond acceptors (Lipinski definition) is 4. The van der Waals surface area contributed by atoms with Crippen molar-refractivity contribution in [3.63, 3.8) is 0 Å². The Morgan fingerprint density at radius 1 is 1.14 bits per heavy atom. The average Bonchev–Trinajstić information content (AvgIpc) is 3.46. The number of carbonyl (C=O) groups excluding carboxylic acids is 1. The summed E-state index contributed by atoms with van der Waals surface area (Å²) in [6.45, 7) is 2.63. The molecule has 0 aliphatic carbocycles. The minimum Gasteiger partial charge on any atom is -0.328 e. The van der Waals surface area contributed by atoms with Gasteiger partial charge in [0.25, 0.3) is 5.91 Å². The van der Waals surface area contributed by atoms with Crippen molar-refractivity contribution in [3.8, 4) is 5.69 Å². The summed E-state index contributed by atoms with van der Waals surface area (Å²) in [5.41, 5.74) is 3.16. The summed E-state index contributed by atoms with van der Waals surface area (Å²) >= 11 is 3.45. The lowest BCUT2D eigenvalue weighted by molar-refractivity contribution is 0.0728. The lowest BCUT2D eigenvalue weighted by Gasteiger charge is -2.23. The van der Waals surface area contributed by atoms with Crippen LogP contribution in [0.4, 0.5) is 0 Å². The first kappa shape index (κ1) is 18.1. The molecule has 1 aliphatic heterocycles. The lowest BCUT2D eigenvalue weighted by atomic mass is 10.1. The molecule has 4 heterocycles. The van der Waals surface area contributed by atoms with Crippen molar-refractivity contribution >= 4 is 27.5 Å². The standard InChI is InChI=1S/C21H19BrN6O/c1-14-17(13-23-28(14)16-9-7-15(22)8-10-16)21(29)26-12-4-5-18(26)20-25-24-19-6-2-3-11-27(19)20/h2-3,6-11,13,18H,4-5,12H2,1H3/t18-/m0/s1. The molecule has 1 atom stereocenters. The summed E-state index contributed by atoms with van der Waals surface area (Å²) in [5, 5.41) is 13.1. The van der Waals surface area contributed by atoms with E-state index in [1.807, 2.05) is 64.9 Å². The molecule has 4 aromatic rings. The van der Waals surface area contributed by atoms with Crippen LogP contribution < -0.4 is 0 Å². The molecule has 1 aromatic carbocycles. The Hall–Kier alpha value is -3.00. The normalized spacial score (nSPS) is 16.6. The Morgan fingerprint density at radius 3 is 2.79 bits per heavy atom. The van der Waals surface area contributed by atoms with Crippen molar-refractivity contribution in [2.75, 3.05) is 6.54 Å². The van der Waals surface area contributed by atoms with E-state index in [-0.39, 0.29) is 11.9 Å². The molecule has 5 rings (SSSR count). The van der Waals surface area contributed by atoms with Gasteiger partial charge >= 0.3 is 0 Å². The van der Waals surface area contributed by atoms with Crippen LogP contribution in [0.5, 0.6) is 0 Å². The highest BCUT2D eigenvalue weighted by atomic mass is 79.9. The molecule has 0 unspecified atom stereocenters. The van der Waals surface area contributed by atoms with Gasteiger partial charge in [-0.1, -0.05) is 22.0 Å². The molecular formula is C21H19BrN6O. The zero-order chi connectivity index (χ0) is 20.0. The van der Waals surface area contributed by atoms with Crippen LogP contribution in [-0.2, 0) is 0 Å². The zero-order valence-corrected chi connectivity index (χ0v) is 17.5. The molecule has 0 N–H and O–H groups in total. The number of aromatic nitrogens is 5. The van der Waals surface area contributed by atoms with E-state index in [9.17, 15) is 4.79 Å². The summed E-state index contributed by atoms with van der Waals surface area (Å²) in [5.74, 6) is 0.797. The summed E-state index contributed by atoms with van der Waals surface area (Å²) in [6, 6.07) is 13.6. The second kappa shape index (κ2) is 7.11. The van der Waals surface area contributed by atoms with Crippen LogP contribution >= 0.6 is 15.9 Å². The van der Waals surface area contributed by atoms with Crippen LogP contribution in [0.3, 0.4) is 0 Å². The number of rotatable bonds is 3. The smallest absolute Gasteiger partial charge is 0.257 e. The van der Waals surface area contributed by atoms with E-state index in [4.69, 9.17) is 0 Å². The van der Waals surface area contributed by atoms with Gasteiger partial charge in [-0.05, 0) is 56.2 Å². The topological polar surface area (TPSA) is 68.3 Å². The summed E-state index contributed by atoms with van der Waals surface area (Å²) in [4.78, 5) is 15.3. The highest BCUT2D eigenvalue weighted by Gasteiger charge is 2.35. The van der Waals surface area contributed by atoms with Crippen LogP contribution in [0.2, 0.25) is 0 Å². The first-order chi connectivity index (χ1) is 14.1. The van der Waals surface area contributed by atoms with Gasteiger partial charge in [0.05, 0.1) is 29.2 Å². The number of likely N-dealkylation sites (tertiary alicyclic amines) is 1. The van der Waals surface area contributed by atoms with Gasteiger partial charge in [0, 0.05) is 17.2 Å². The van der Waals surface area contributed by atoms with Crippen LogP contribution in [0.1, 0.15) is 40.8 Å². The minimum absolute atomic E-state index is 0.0129. The van der Waals surface area contributed by atoms with Crippen LogP contribution in [-0.4, -0.2) is 41.7 Å². The SMILES string of the molecule is Cc1c(C(=O)N2CCC[C@H]2c2nnc3ccccn23)cnn1-c1ccc(Br)cc1. The van der Waals surface area contributed by atoms with Gasteiger partial charge in [-0.25, -0.2) is 4.68 Å². The zero-order valence-electron chi connectivity index (χ0n) is 15.9. The quantitative estimate of drug-likeness (QED) is 0.473. The van der Waals surface area contributed by atoms with E-state index in [0.29, 0.717) is 12.1 Å². The van der Waals surface area contributed by atoms with E-state index >= 15 is 0 Å². The molecule has 146 valence electrons. The predicted octanol–water partition coefficient (Wildman–Crippen LogP) is 3.96. The third-order valence-corrected chi connectivity index (χ3v) is 5.99. The molecular weight excluding hydrogens is 432 g/mol. The molecule has 1 fully saturated rings. The molecule has 0 saturated carbocycles. The first-order valence-corrected chi connectivity index (χ1v) is 10.3. The van der Waals surface area contributed by atoms with Gasteiger partial charge in [0.1, 0.15) is 0 Å². The van der Waals surface area contributed by atoms with Gasteiger partial charge in [-0.3, -0.25) is 9.20 Å². The van der Waals surface area contributed by atoms with E-state index in [2.05, 4.69) is 31.2 Å². The van der Waals surface area contributed by atoms with Crippen LogP contribution in [0.25, 0.3) is 11.3 Å². The van der Waals surface area contributed by atoms with Crippen molar-refractivity contribution in [1.29, 1.82) is 0 Å². The Balaban J connectivity index is 1.48. The number of fused-ring (bicyclic) bond motifs is 1. The van der Waals surface area contributed by atoms with Gasteiger partial charge in [0.15, 0.2) is 11.5 Å². The second-order valence-corrected chi connectivity index (χ2v) is 8.09. The van der Waals surface area contributed by atoms with Gasteiger partial charge < -0.3 is 4.90 Å². The molecule has 3 aromatic heterocycles. The number of hydrogen-bond donors (Lipinski definition) is 0. The molecule has 1 aliphatic rings. The number of halogens is 1. The van der Waals surface area contributed by atoms with Crippen molar-refractivity contribution in [2.24, 2.45) is 0 Å². The Labute approximate surface area is 176 Å². The molecule has 0 bridgehead atoms. The molecule has 1 saturated heterocycles. The minimum atomic E-state index is -0.0877. The lowest BCUT2D eigenvalue weighted by Crippen LogP contribution is -2.31. The van der Waals surface area contributed by atoms with E-state index in [1.165, 1.54) is 0 Å². The fourth-order valence-electron chi connectivity index (χ4n) is 3.98. The van der Waals surface area contributed by atoms with Gasteiger partial charge in [-0.15, -0.1) is 10.2 Å². The Kier molecular flexibility index (Phi) is 4.43. The average molecular weight is 451 g/mol. The number of carbonyl (C=O) groups is 1. The number of pyridine rings is 1. The van der Waals surface area contributed by atoms with Crippen LogP contribution in [0.15, 0.2) is 59.3 Å². The Morgan fingerprint density at radius 2 is 1.97 bits per heavy atom. The predicted molar refractivity (Wildman–Crippen MR) is 112 cm³/mol. The highest BCUT2D eigenvalue weighted by molar-refractivity contribution is 9.10. The maximum atomic E-state index is 13.4. The van der Waals surface area contributed by atoms with Crippen molar-refractivity contribution in [1.82, 2.24) is 29.3 Å². The third kappa shape index (κ3) is 3.04.